The Hall–Kier alpha value is -2.28. The topological polar surface area (TPSA) is 97.5 Å². The van der Waals surface area contributed by atoms with Gasteiger partial charge in [-0.15, -0.1) is 0 Å². The molecule has 20 heavy (non-hydrogen) atoms. The Morgan fingerprint density at radius 1 is 1.55 bits per heavy atom. The van der Waals surface area contributed by atoms with Crippen molar-refractivity contribution in [3.8, 4) is 11.5 Å². The van der Waals surface area contributed by atoms with E-state index in [-0.39, 0.29) is 17.6 Å². The first-order valence-electron chi connectivity index (χ1n) is 6.01. The van der Waals surface area contributed by atoms with E-state index in [1.165, 1.54) is 18.4 Å². The highest BCUT2D eigenvalue weighted by molar-refractivity contribution is 7.16. The van der Waals surface area contributed by atoms with Crippen molar-refractivity contribution in [2.24, 2.45) is 0 Å². The molecular formula is C13H13N3O3S. The van der Waals surface area contributed by atoms with Crippen LogP contribution in [0, 0.1) is 0 Å². The fourth-order valence-electron chi connectivity index (χ4n) is 2.33. The third-order valence-electron chi connectivity index (χ3n) is 3.24. The maximum absolute atomic E-state index is 11.8. The van der Waals surface area contributed by atoms with Crippen LogP contribution in [0.5, 0.6) is 11.5 Å². The number of carbonyl (C=O) groups is 1. The highest BCUT2D eigenvalue weighted by Crippen LogP contribution is 2.43. The van der Waals surface area contributed by atoms with Crippen molar-refractivity contribution >= 4 is 28.2 Å². The Kier molecular flexibility index (Phi) is 2.98. The van der Waals surface area contributed by atoms with Gasteiger partial charge in [-0.2, -0.15) is 0 Å². The van der Waals surface area contributed by atoms with Crippen LogP contribution in [0.2, 0.25) is 0 Å². The quantitative estimate of drug-likeness (QED) is 0.785. The summed E-state index contributed by atoms with van der Waals surface area (Å²) in [7, 11) is 1.49. The lowest BCUT2D eigenvalue weighted by atomic mass is 9.91. The molecule has 104 valence electrons. The van der Waals surface area contributed by atoms with Crippen LogP contribution in [0.3, 0.4) is 0 Å². The molecule has 1 aromatic heterocycles. The first-order chi connectivity index (χ1) is 9.58. The number of anilines is 2. The molecule has 0 radical (unpaired) electrons. The molecule has 3 rings (SSSR count). The van der Waals surface area contributed by atoms with Gasteiger partial charge in [0.1, 0.15) is 5.82 Å². The van der Waals surface area contributed by atoms with E-state index in [9.17, 15) is 9.90 Å². The molecule has 6 nitrogen and oxygen atoms in total. The number of amides is 1. The fourth-order valence-corrected chi connectivity index (χ4v) is 3.25. The Balaban J connectivity index is 2.05. The Morgan fingerprint density at radius 3 is 3.05 bits per heavy atom. The average molecular weight is 291 g/mol. The van der Waals surface area contributed by atoms with Gasteiger partial charge in [-0.25, -0.2) is 4.98 Å². The minimum Gasteiger partial charge on any atom is -0.504 e. The summed E-state index contributed by atoms with van der Waals surface area (Å²) >= 11 is 1.35. The van der Waals surface area contributed by atoms with Crippen molar-refractivity contribution in [2.75, 3.05) is 18.2 Å². The molecule has 0 bridgehead atoms. The van der Waals surface area contributed by atoms with Crippen molar-refractivity contribution in [1.82, 2.24) is 4.98 Å². The van der Waals surface area contributed by atoms with Gasteiger partial charge in [0.2, 0.25) is 5.91 Å². The zero-order chi connectivity index (χ0) is 14.3. The number of thiazole rings is 1. The number of ether oxygens (including phenoxy) is 1. The molecule has 1 aliphatic heterocycles. The van der Waals surface area contributed by atoms with E-state index in [0.717, 1.165) is 10.4 Å². The Bertz CT molecular complexity index is 683. The van der Waals surface area contributed by atoms with E-state index >= 15 is 0 Å². The number of nitrogens with one attached hydrogen (secondary N) is 1. The van der Waals surface area contributed by atoms with Crippen molar-refractivity contribution < 1.29 is 14.6 Å². The van der Waals surface area contributed by atoms with Gasteiger partial charge in [0, 0.05) is 12.3 Å². The molecule has 4 N–H and O–H groups in total. The molecule has 2 heterocycles. The zero-order valence-electron chi connectivity index (χ0n) is 10.7. The minimum absolute atomic E-state index is 0.0509. The van der Waals surface area contributed by atoms with Crippen LogP contribution in [-0.4, -0.2) is 23.1 Å². The number of carbonyl (C=O) groups excluding carboxylic acids is 1. The second kappa shape index (κ2) is 4.68. The number of phenolic OH excluding ortho intramolecular Hbond substituents is 1. The van der Waals surface area contributed by atoms with Gasteiger partial charge in [0.05, 0.1) is 12.0 Å². The van der Waals surface area contributed by atoms with Crippen molar-refractivity contribution in [2.45, 2.75) is 12.3 Å². The molecule has 0 saturated carbocycles. The third-order valence-corrected chi connectivity index (χ3v) is 4.24. The zero-order valence-corrected chi connectivity index (χ0v) is 11.5. The standard InChI is InChI=1S/C13H13N3O3S/c1-19-9-3-2-6(4-8(9)17)7-5-10(18)15-12-11(7)20-13(14)16-12/h2-4,7,17H,5H2,1H3,(H2,14,16)(H,15,18)/t7-/m0/s1. The summed E-state index contributed by atoms with van der Waals surface area (Å²) in [6.07, 6.45) is 0.306. The molecule has 0 fully saturated rings. The third kappa shape index (κ3) is 2.05. The first-order valence-corrected chi connectivity index (χ1v) is 6.83. The fraction of sp³-hybridized carbons (Fsp3) is 0.231. The molecule has 2 aromatic rings. The van der Waals surface area contributed by atoms with Crippen molar-refractivity contribution in [1.29, 1.82) is 0 Å². The summed E-state index contributed by atoms with van der Waals surface area (Å²) in [4.78, 5) is 16.8. The maximum Gasteiger partial charge on any atom is 0.226 e. The number of methoxy groups -OCH3 is 1. The number of nitrogens with two attached hydrogens (primary N) is 1. The van der Waals surface area contributed by atoms with E-state index in [1.54, 1.807) is 12.1 Å². The molecule has 0 spiro atoms. The maximum atomic E-state index is 11.8. The number of fused-ring (bicyclic) bond motifs is 1. The predicted octanol–water partition coefficient (Wildman–Crippen LogP) is 1.91. The number of aromatic nitrogens is 1. The number of rotatable bonds is 2. The SMILES string of the molecule is COc1ccc([C@@H]2CC(=O)Nc3nc(N)sc32)cc1O. The second-order valence-corrected chi connectivity index (χ2v) is 5.56. The summed E-state index contributed by atoms with van der Waals surface area (Å²) in [6.45, 7) is 0. The lowest BCUT2D eigenvalue weighted by molar-refractivity contribution is -0.116. The number of nitrogen functional groups attached to an aromatic ring is 1. The largest absolute Gasteiger partial charge is 0.504 e. The molecule has 1 atom stereocenters. The van der Waals surface area contributed by atoms with Crippen LogP contribution in [0.25, 0.3) is 0 Å². The summed E-state index contributed by atoms with van der Waals surface area (Å²) in [5.74, 6) is 0.714. The van der Waals surface area contributed by atoms with Crippen LogP contribution in [0.15, 0.2) is 18.2 Å². The Morgan fingerprint density at radius 2 is 2.35 bits per heavy atom. The predicted molar refractivity (Wildman–Crippen MR) is 76.3 cm³/mol. The number of benzene rings is 1. The number of hydrogen-bond donors (Lipinski definition) is 3. The lowest BCUT2D eigenvalue weighted by Gasteiger charge is -2.22. The van der Waals surface area contributed by atoms with Crippen LogP contribution < -0.4 is 15.8 Å². The van der Waals surface area contributed by atoms with E-state index in [2.05, 4.69) is 10.3 Å². The van der Waals surface area contributed by atoms with E-state index in [1.807, 2.05) is 6.07 Å². The van der Waals surface area contributed by atoms with Crippen molar-refractivity contribution in [3.63, 3.8) is 0 Å². The van der Waals surface area contributed by atoms with Gasteiger partial charge in [-0.05, 0) is 17.7 Å². The summed E-state index contributed by atoms with van der Waals surface area (Å²) in [5.41, 5.74) is 6.54. The second-order valence-electron chi connectivity index (χ2n) is 4.50. The smallest absolute Gasteiger partial charge is 0.226 e. The van der Waals surface area contributed by atoms with E-state index in [0.29, 0.717) is 23.1 Å². The van der Waals surface area contributed by atoms with Gasteiger partial charge in [-0.3, -0.25) is 4.79 Å². The number of nitrogens with zero attached hydrogens (tertiary/aromatic N) is 1. The van der Waals surface area contributed by atoms with Crippen LogP contribution in [0.4, 0.5) is 10.9 Å². The average Bonchev–Trinajstić information content (AvgIpc) is 2.77. The summed E-state index contributed by atoms with van der Waals surface area (Å²) < 4.78 is 5.02. The normalized spacial score (nSPS) is 17.4. The molecule has 1 aliphatic rings. The summed E-state index contributed by atoms with van der Waals surface area (Å²) in [6, 6.07) is 5.13. The lowest BCUT2D eigenvalue weighted by Crippen LogP contribution is -2.22. The molecule has 1 amide bonds. The minimum atomic E-state index is -0.148. The van der Waals surface area contributed by atoms with Gasteiger partial charge in [0.25, 0.3) is 0 Å². The van der Waals surface area contributed by atoms with Gasteiger partial charge < -0.3 is 20.9 Å². The van der Waals surface area contributed by atoms with E-state index < -0.39 is 0 Å². The summed E-state index contributed by atoms with van der Waals surface area (Å²) in [5, 5.41) is 13.0. The van der Waals surface area contributed by atoms with Crippen LogP contribution in [-0.2, 0) is 4.79 Å². The first kappa shape index (κ1) is 12.7. The molecule has 0 saturated heterocycles. The highest BCUT2D eigenvalue weighted by atomic mass is 32.1. The molecule has 0 unspecified atom stereocenters. The van der Waals surface area contributed by atoms with Crippen LogP contribution in [0.1, 0.15) is 22.8 Å². The van der Waals surface area contributed by atoms with Crippen molar-refractivity contribution in [3.05, 3.63) is 28.6 Å². The van der Waals surface area contributed by atoms with Gasteiger partial charge in [-0.1, -0.05) is 17.4 Å². The molecule has 1 aromatic carbocycles. The molecule has 7 heteroatoms. The number of hydrogen-bond acceptors (Lipinski definition) is 6. The Labute approximate surface area is 119 Å². The van der Waals surface area contributed by atoms with Gasteiger partial charge >= 0.3 is 0 Å². The van der Waals surface area contributed by atoms with Crippen LogP contribution >= 0.6 is 11.3 Å². The molecular weight excluding hydrogens is 278 g/mol. The number of phenols is 1. The van der Waals surface area contributed by atoms with E-state index in [4.69, 9.17) is 10.5 Å². The highest BCUT2D eigenvalue weighted by Gasteiger charge is 2.30. The van der Waals surface area contributed by atoms with Gasteiger partial charge in [0.15, 0.2) is 16.6 Å². The number of aromatic hydroxyl groups is 1. The monoisotopic (exact) mass is 291 g/mol. The molecule has 0 aliphatic carbocycles.